The lowest BCUT2D eigenvalue weighted by molar-refractivity contribution is 0.616. The van der Waals surface area contributed by atoms with Gasteiger partial charge < -0.3 is 0 Å². The highest BCUT2D eigenvalue weighted by molar-refractivity contribution is 7.03. The van der Waals surface area contributed by atoms with E-state index in [0.717, 1.165) is 11.3 Å². The van der Waals surface area contributed by atoms with Crippen LogP contribution in [0.2, 0.25) is 0 Å². The number of nitrogens with zero attached hydrogens (tertiary/aromatic N) is 6. The number of aromatic amines is 1. The van der Waals surface area contributed by atoms with E-state index in [9.17, 15) is 4.79 Å². The quantitative estimate of drug-likeness (QED) is 0.710. The lowest BCUT2D eigenvalue weighted by Crippen LogP contribution is -2.13. The van der Waals surface area contributed by atoms with Crippen molar-refractivity contribution in [1.82, 2.24) is 34.1 Å². The van der Waals surface area contributed by atoms with Crippen molar-refractivity contribution in [3.8, 4) is 11.3 Å². The smallest absolute Gasteiger partial charge is 0.291 e. The van der Waals surface area contributed by atoms with Gasteiger partial charge in [-0.3, -0.25) is 4.98 Å². The Hall–Kier alpha value is -2.29. The Morgan fingerprint density at radius 3 is 3.06 bits per heavy atom. The molecule has 9 heteroatoms. The van der Waals surface area contributed by atoms with Crippen molar-refractivity contribution in [2.24, 2.45) is 7.05 Å². The monoisotopic (exact) mass is 263 g/mol. The van der Waals surface area contributed by atoms with E-state index in [0.29, 0.717) is 12.4 Å². The number of aryl methyl sites for hydroxylation is 1. The fourth-order valence-corrected chi connectivity index (χ4v) is 2.05. The Balaban J connectivity index is 1.84. The molecule has 3 rings (SSSR count). The number of hydrogen-bond acceptors (Lipinski definition) is 6. The van der Waals surface area contributed by atoms with Crippen LogP contribution in [0.15, 0.2) is 22.6 Å². The van der Waals surface area contributed by atoms with E-state index in [1.807, 2.05) is 5.38 Å². The zero-order valence-electron chi connectivity index (χ0n) is 9.44. The summed E-state index contributed by atoms with van der Waals surface area (Å²) in [6, 6.07) is 0. The van der Waals surface area contributed by atoms with Gasteiger partial charge in [0.25, 0.3) is 0 Å². The van der Waals surface area contributed by atoms with E-state index < -0.39 is 0 Å². The summed E-state index contributed by atoms with van der Waals surface area (Å²) in [6.07, 6.45) is 3.53. The summed E-state index contributed by atoms with van der Waals surface area (Å²) < 4.78 is 6.87. The molecule has 0 aliphatic carbocycles. The van der Waals surface area contributed by atoms with Crippen LogP contribution in [0.25, 0.3) is 11.3 Å². The Morgan fingerprint density at radius 2 is 2.39 bits per heavy atom. The molecule has 0 amide bonds. The molecule has 8 nitrogen and oxygen atoms in total. The van der Waals surface area contributed by atoms with Crippen molar-refractivity contribution in [3.63, 3.8) is 0 Å². The predicted molar refractivity (Wildman–Crippen MR) is 64.1 cm³/mol. The number of hydrogen-bond donors (Lipinski definition) is 1. The van der Waals surface area contributed by atoms with Gasteiger partial charge in [0.15, 0.2) is 5.82 Å². The summed E-state index contributed by atoms with van der Waals surface area (Å²) in [6.45, 7) is 0.376. The van der Waals surface area contributed by atoms with Crippen LogP contribution in [0.4, 0.5) is 0 Å². The van der Waals surface area contributed by atoms with Gasteiger partial charge in [-0.1, -0.05) is 5.21 Å². The summed E-state index contributed by atoms with van der Waals surface area (Å²) >= 11 is 1.36. The van der Waals surface area contributed by atoms with Crippen LogP contribution in [0.5, 0.6) is 0 Å². The van der Waals surface area contributed by atoms with Crippen LogP contribution in [-0.2, 0) is 13.6 Å². The topological polar surface area (TPSA) is 94.3 Å². The molecule has 0 radical (unpaired) electrons. The Morgan fingerprint density at radius 1 is 1.50 bits per heavy atom. The van der Waals surface area contributed by atoms with E-state index in [1.54, 1.807) is 24.1 Å². The second-order valence-electron chi connectivity index (χ2n) is 3.71. The number of aromatic nitrogens is 7. The van der Waals surface area contributed by atoms with Crippen molar-refractivity contribution in [3.05, 3.63) is 34.1 Å². The van der Waals surface area contributed by atoms with Gasteiger partial charge in [0.05, 0.1) is 12.4 Å². The minimum absolute atomic E-state index is 0.243. The van der Waals surface area contributed by atoms with Gasteiger partial charge in [0, 0.05) is 18.0 Å². The molecule has 0 bridgehead atoms. The molecule has 0 spiro atoms. The van der Waals surface area contributed by atoms with Crippen LogP contribution in [-0.4, -0.2) is 34.1 Å². The minimum Gasteiger partial charge on any atom is -0.291 e. The van der Waals surface area contributed by atoms with E-state index in [2.05, 4.69) is 24.8 Å². The summed E-state index contributed by atoms with van der Waals surface area (Å²) in [5, 5.41) is 13.9. The van der Waals surface area contributed by atoms with Gasteiger partial charge in [-0.15, -0.1) is 5.10 Å². The highest BCUT2D eigenvalue weighted by atomic mass is 32.1. The molecule has 0 atom stereocenters. The van der Waals surface area contributed by atoms with Crippen molar-refractivity contribution in [2.75, 3.05) is 0 Å². The van der Waals surface area contributed by atoms with Gasteiger partial charge in [-0.25, -0.2) is 18.5 Å². The molecule has 1 N–H and O–H groups in total. The van der Waals surface area contributed by atoms with E-state index in [4.69, 9.17) is 0 Å². The maximum absolute atomic E-state index is 11.2. The lowest BCUT2D eigenvalue weighted by atomic mass is 10.3. The zero-order valence-corrected chi connectivity index (χ0v) is 10.3. The molecule has 0 fully saturated rings. The lowest BCUT2D eigenvalue weighted by Gasteiger charge is -1.93. The molecule has 0 saturated carbocycles. The number of H-pyrrole nitrogens is 1. The van der Waals surface area contributed by atoms with Gasteiger partial charge in [-0.2, -0.15) is 5.10 Å². The third kappa shape index (κ3) is 1.95. The molecule has 0 aliphatic heterocycles. The first-order valence-electron chi connectivity index (χ1n) is 5.14. The summed E-state index contributed by atoms with van der Waals surface area (Å²) in [5.74, 6) is 0.544. The summed E-state index contributed by atoms with van der Waals surface area (Å²) in [7, 11) is 1.59. The molecule has 0 aromatic carbocycles. The average molecular weight is 263 g/mol. The first-order valence-corrected chi connectivity index (χ1v) is 5.98. The van der Waals surface area contributed by atoms with Gasteiger partial charge in [0.2, 0.25) is 0 Å². The molecule has 0 aliphatic rings. The van der Waals surface area contributed by atoms with Crippen LogP contribution in [0, 0.1) is 0 Å². The van der Waals surface area contributed by atoms with Gasteiger partial charge in [0.1, 0.15) is 12.2 Å². The largest absolute Gasteiger partial charge is 0.343 e. The predicted octanol–water partition coefficient (Wildman–Crippen LogP) is -0.128. The molecule has 0 saturated heterocycles. The third-order valence-corrected chi connectivity index (χ3v) is 2.98. The normalized spacial score (nSPS) is 10.9. The molecule has 3 heterocycles. The fraction of sp³-hybridized carbons (Fsp3) is 0.222. The molecule has 3 aromatic heterocycles. The Kier molecular flexibility index (Phi) is 2.52. The molecule has 3 aromatic rings. The Labute approximate surface area is 105 Å². The van der Waals surface area contributed by atoms with Crippen LogP contribution in [0.1, 0.15) is 5.82 Å². The van der Waals surface area contributed by atoms with Gasteiger partial charge >= 0.3 is 5.69 Å². The van der Waals surface area contributed by atoms with Crippen molar-refractivity contribution < 1.29 is 0 Å². The summed E-state index contributed by atoms with van der Waals surface area (Å²) in [5.41, 5.74) is 1.44. The molecular weight excluding hydrogens is 254 g/mol. The Bertz CT molecular complexity index is 707. The first kappa shape index (κ1) is 10.8. The van der Waals surface area contributed by atoms with Gasteiger partial charge in [-0.05, 0) is 11.5 Å². The minimum atomic E-state index is -0.243. The third-order valence-electron chi connectivity index (χ3n) is 2.39. The first-order chi connectivity index (χ1) is 8.72. The maximum Gasteiger partial charge on any atom is 0.343 e. The molecule has 18 heavy (non-hydrogen) atoms. The average Bonchev–Trinajstić information content (AvgIpc) is 3.02. The maximum atomic E-state index is 11.2. The van der Waals surface area contributed by atoms with E-state index in [-0.39, 0.29) is 5.69 Å². The van der Waals surface area contributed by atoms with E-state index in [1.165, 1.54) is 16.2 Å². The molecule has 92 valence electrons. The standard InChI is InChI=1S/C9H9N7OS/c1-15-9(17)11-8(13-15)4-16-3-7(12-14-16)6-2-10-18-5-6/h2-3,5H,4H2,1H3,(H,11,13,17). The number of rotatable bonds is 3. The van der Waals surface area contributed by atoms with Crippen molar-refractivity contribution in [1.29, 1.82) is 0 Å². The van der Waals surface area contributed by atoms with Crippen molar-refractivity contribution in [2.45, 2.75) is 6.54 Å². The highest BCUT2D eigenvalue weighted by Crippen LogP contribution is 2.16. The van der Waals surface area contributed by atoms with Crippen molar-refractivity contribution >= 4 is 11.5 Å². The second kappa shape index (κ2) is 4.18. The van der Waals surface area contributed by atoms with E-state index >= 15 is 0 Å². The fourth-order valence-electron chi connectivity index (χ4n) is 1.52. The summed E-state index contributed by atoms with van der Waals surface area (Å²) in [4.78, 5) is 13.8. The highest BCUT2D eigenvalue weighted by Gasteiger charge is 2.07. The van der Waals surface area contributed by atoms with Crippen LogP contribution < -0.4 is 5.69 Å². The van der Waals surface area contributed by atoms with Crippen LogP contribution >= 0.6 is 11.5 Å². The second-order valence-corrected chi connectivity index (χ2v) is 4.37. The number of nitrogens with one attached hydrogen (secondary N) is 1. The zero-order chi connectivity index (χ0) is 12.5. The van der Waals surface area contributed by atoms with Crippen LogP contribution in [0.3, 0.4) is 0 Å². The molecule has 0 unspecified atom stereocenters. The molecular formula is C9H9N7OS. The SMILES string of the molecule is Cn1nc(Cn2cc(-c3cnsc3)nn2)[nH]c1=O.